The molecule has 1 saturated heterocycles. The van der Waals surface area contributed by atoms with Crippen molar-refractivity contribution in [3.8, 4) is 11.3 Å². The monoisotopic (exact) mass is 381 g/mol. The lowest BCUT2D eigenvalue weighted by molar-refractivity contribution is 0.0616. The van der Waals surface area contributed by atoms with Crippen molar-refractivity contribution in [1.82, 2.24) is 15.0 Å². The first-order valence-corrected chi connectivity index (χ1v) is 9.69. The van der Waals surface area contributed by atoms with Crippen molar-refractivity contribution in [3.05, 3.63) is 64.5 Å². The van der Waals surface area contributed by atoms with E-state index in [4.69, 9.17) is 4.52 Å². The van der Waals surface area contributed by atoms with Crippen LogP contribution in [0.5, 0.6) is 0 Å². The van der Waals surface area contributed by atoms with Crippen LogP contribution < -0.4 is 0 Å². The first-order chi connectivity index (χ1) is 13.2. The molecule has 1 fully saturated rings. The van der Waals surface area contributed by atoms with Gasteiger partial charge in [0.2, 0.25) is 0 Å². The van der Waals surface area contributed by atoms with Crippen molar-refractivity contribution in [3.63, 3.8) is 0 Å². The molecular formula is C20H19N3O3S. The van der Waals surface area contributed by atoms with Crippen molar-refractivity contribution < 1.29 is 14.1 Å². The molecule has 0 aliphatic carbocycles. The van der Waals surface area contributed by atoms with E-state index in [0.29, 0.717) is 44.2 Å². The molecule has 1 aliphatic rings. The van der Waals surface area contributed by atoms with Crippen molar-refractivity contribution >= 4 is 23.0 Å². The van der Waals surface area contributed by atoms with Gasteiger partial charge in [0.05, 0.1) is 11.4 Å². The Kier molecular flexibility index (Phi) is 5.13. The molecule has 0 saturated carbocycles. The average molecular weight is 381 g/mol. The Morgan fingerprint density at radius 3 is 2.52 bits per heavy atom. The molecular weight excluding hydrogens is 362 g/mol. The van der Waals surface area contributed by atoms with E-state index in [9.17, 15) is 9.59 Å². The van der Waals surface area contributed by atoms with Gasteiger partial charge >= 0.3 is 0 Å². The predicted molar refractivity (Wildman–Crippen MR) is 103 cm³/mol. The Labute approximate surface area is 161 Å². The van der Waals surface area contributed by atoms with Crippen LogP contribution in [0.15, 0.2) is 58.4 Å². The van der Waals surface area contributed by atoms with Gasteiger partial charge < -0.3 is 9.42 Å². The van der Waals surface area contributed by atoms with Gasteiger partial charge in [-0.2, -0.15) is 0 Å². The lowest BCUT2D eigenvalue weighted by Gasteiger charge is -2.33. The highest BCUT2D eigenvalue weighted by Crippen LogP contribution is 2.21. The summed E-state index contributed by atoms with van der Waals surface area (Å²) in [5.41, 5.74) is 1.21. The minimum absolute atomic E-state index is 0.133. The van der Waals surface area contributed by atoms with Crippen molar-refractivity contribution in [2.24, 2.45) is 0 Å². The quantitative estimate of drug-likeness (QED) is 0.636. The summed E-state index contributed by atoms with van der Waals surface area (Å²) in [7, 11) is 0. The van der Waals surface area contributed by atoms with Crippen LogP contribution in [-0.2, 0) is 0 Å². The Bertz CT molecular complexity index is 913. The van der Waals surface area contributed by atoms with Gasteiger partial charge in [0.25, 0.3) is 5.91 Å². The minimum Gasteiger partial charge on any atom is -0.355 e. The van der Waals surface area contributed by atoms with Crippen LogP contribution in [0.3, 0.4) is 0 Å². The van der Waals surface area contributed by atoms with Gasteiger partial charge in [0.15, 0.2) is 17.2 Å². The predicted octanol–water partition coefficient (Wildman–Crippen LogP) is 3.04. The van der Waals surface area contributed by atoms with Crippen molar-refractivity contribution in [1.29, 1.82) is 0 Å². The number of carbonyl (C=O) groups excluding carboxylic acids is 2. The molecule has 4 rings (SSSR count). The van der Waals surface area contributed by atoms with Gasteiger partial charge in [-0.25, -0.2) is 0 Å². The van der Waals surface area contributed by atoms with Crippen molar-refractivity contribution in [2.45, 2.75) is 0 Å². The number of amides is 1. The Balaban J connectivity index is 1.34. The van der Waals surface area contributed by atoms with Crippen LogP contribution in [0, 0.1) is 0 Å². The number of aromatic nitrogens is 1. The zero-order valence-electron chi connectivity index (χ0n) is 14.7. The lowest BCUT2D eigenvalue weighted by Crippen LogP contribution is -2.49. The number of piperazine rings is 1. The third-order valence-electron chi connectivity index (χ3n) is 4.61. The first kappa shape index (κ1) is 17.6. The molecule has 1 aromatic carbocycles. The van der Waals surface area contributed by atoms with E-state index < -0.39 is 0 Å². The second-order valence-corrected chi connectivity index (χ2v) is 7.36. The topological polar surface area (TPSA) is 66.7 Å². The van der Waals surface area contributed by atoms with Gasteiger partial charge in [-0.05, 0) is 11.4 Å². The smallest absolute Gasteiger partial charge is 0.276 e. The highest BCUT2D eigenvalue weighted by molar-refractivity contribution is 7.12. The molecule has 27 heavy (non-hydrogen) atoms. The molecule has 0 unspecified atom stereocenters. The van der Waals surface area contributed by atoms with E-state index in [2.05, 4.69) is 10.1 Å². The number of hydrogen-bond donors (Lipinski definition) is 0. The van der Waals surface area contributed by atoms with Crippen LogP contribution in [0.2, 0.25) is 0 Å². The molecule has 138 valence electrons. The Morgan fingerprint density at radius 1 is 1.04 bits per heavy atom. The van der Waals surface area contributed by atoms with E-state index >= 15 is 0 Å². The highest BCUT2D eigenvalue weighted by atomic mass is 32.1. The largest absolute Gasteiger partial charge is 0.355 e. The number of Topliss-reactive ketones (excluding diaryl/α,β-unsaturated/α-hetero) is 1. The van der Waals surface area contributed by atoms with Crippen molar-refractivity contribution in [2.75, 3.05) is 32.7 Å². The van der Waals surface area contributed by atoms with Crippen LogP contribution in [-0.4, -0.2) is 59.4 Å². The van der Waals surface area contributed by atoms with Gasteiger partial charge in [0, 0.05) is 37.8 Å². The number of carbonyl (C=O) groups is 2. The maximum atomic E-state index is 12.7. The van der Waals surface area contributed by atoms with E-state index in [-0.39, 0.29) is 11.7 Å². The molecule has 0 N–H and O–H groups in total. The number of thiophene rings is 1. The third kappa shape index (κ3) is 3.99. The summed E-state index contributed by atoms with van der Waals surface area (Å²) in [6.45, 7) is 2.89. The molecule has 7 heteroatoms. The van der Waals surface area contributed by atoms with Gasteiger partial charge in [-0.1, -0.05) is 41.6 Å². The van der Waals surface area contributed by atoms with E-state index in [1.54, 1.807) is 11.0 Å². The molecule has 2 aromatic heterocycles. The highest BCUT2D eigenvalue weighted by Gasteiger charge is 2.26. The maximum absolute atomic E-state index is 12.7. The molecule has 0 bridgehead atoms. The van der Waals surface area contributed by atoms with Gasteiger partial charge in [0.1, 0.15) is 0 Å². The normalized spacial score (nSPS) is 15.0. The summed E-state index contributed by atoms with van der Waals surface area (Å²) in [5, 5.41) is 5.84. The number of ketones is 1. The lowest BCUT2D eigenvalue weighted by atomic mass is 10.1. The number of hydrogen-bond acceptors (Lipinski definition) is 6. The Hall–Kier alpha value is -2.77. The summed E-state index contributed by atoms with van der Waals surface area (Å²) in [6.07, 6.45) is 0. The number of benzene rings is 1. The zero-order valence-corrected chi connectivity index (χ0v) is 15.5. The second-order valence-electron chi connectivity index (χ2n) is 6.41. The molecule has 1 amide bonds. The van der Waals surface area contributed by atoms with Crippen LogP contribution in [0.4, 0.5) is 0 Å². The fourth-order valence-corrected chi connectivity index (χ4v) is 3.76. The molecule has 1 aliphatic heterocycles. The van der Waals surface area contributed by atoms with E-state index in [1.807, 2.05) is 47.8 Å². The summed E-state index contributed by atoms with van der Waals surface area (Å²) in [4.78, 5) is 29.5. The van der Waals surface area contributed by atoms with Crippen LogP contribution in [0.25, 0.3) is 11.3 Å². The molecule has 6 nitrogen and oxygen atoms in total. The second kappa shape index (κ2) is 7.85. The summed E-state index contributed by atoms with van der Waals surface area (Å²) < 4.78 is 5.33. The van der Waals surface area contributed by atoms with Crippen LogP contribution >= 0.6 is 11.3 Å². The number of rotatable bonds is 5. The maximum Gasteiger partial charge on any atom is 0.276 e. The molecule has 3 heterocycles. The third-order valence-corrected chi connectivity index (χ3v) is 5.52. The Morgan fingerprint density at radius 2 is 1.81 bits per heavy atom. The van der Waals surface area contributed by atoms with Crippen LogP contribution in [0.1, 0.15) is 20.2 Å². The minimum atomic E-state index is -0.134. The molecule has 3 aromatic rings. The molecule has 0 atom stereocenters. The first-order valence-electron chi connectivity index (χ1n) is 8.81. The number of nitrogens with zero attached hydrogens (tertiary/aromatic N) is 3. The van der Waals surface area contributed by atoms with E-state index in [1.165, 1.54) is 11.3 Å². The molecule has 0 spiro atoms. The van der Waals surface area contributed by atoms with Gasteiger partial charge in [-0.3, -0.25) is 14.5 Å². The van der Waals surface area contributed by atoms with Gasteiger partial charge in [-0.15, -0.1) is 11.3 Å². The average Bonchev–Trinajstić information content (AvgIpc) is 3.41. The summed E-state index contributed by atoms with van der Waals surface area (Å²) in [6, 6.07) is 15.0. The fourth-order valence-electron chi connectivity index (χ4n) is 3.10. The molecule has 0 radical (unpaired) electrons. The standard InChI is InChI=1S/C20H19N3O3S/c24-17(19-7-4-12-27-19)14-22-8-10-23(11-9-22)20(25)16-13-18(26-21-16)15-5-2-1-3-6-15/h1-7,12-13H,8-11,14H2. The fraction of sp³-hybridized carbons (Fsp3) is 0.250. The van der Waals surface area contributed by atoms with E-state index in [0.717, 1.165) is 10.4 Å². The SMILES string of the molecule is O=C(CN1CCN(C(=O)c2cc(-c3ccccc3)on2)CC1)c1cccs1. The zero-order chi connectivity index (χ0) is 18.6. The summed E-state index contributed by atoms with van der Waals surface area (Å²) in [5.74, 6) is 0.582. The summed E-state index contributed by atoms with van der Waals surface area (Å²) >= 11 is 1.46.